The van der Waals surface area contributed by atoms with Gasteiger partial charge in [-0.3, -0.25) is 9.59 Å². The molecule has 0 amide bonds. The van der Waals surface area contributed by atoms with Crippen LogP contribution in [-0.2, 0) is 4.79 Å². The number of aromatic hydroxyl groups is 1. The van der Waals surface area contributed by atoms with Gasteiger partial charge in [0.25, 0.3) is 0 Å². The van der Waals surface area contributed by atoms with Gasteiger partial charge in [0.05, 0.1) is 12.0 Å². The molecule has 1 N–H and O–H groups in total. The van der Waals surface area contributed by atoms with Gasteiger partial charge in [0.1, 0.15) is 11.5 Å². The monoisotopic (exact) mass is 192 g/mol. The lowest BCUT2D eigenvalue weighted by molar-refractivity contribution is -0.117. The Balaban J connectivity index is 2.80. The largest absolute Gasteiger partial charge is 0.507 e. The van der Waals surface area contributed by atoms with Gasteiger partial charge in [-0.05, 0) is 12.1 Å². The number of carbonyl (C=O) groups excluding carboxylic acids is 2. The minimum atomic E-state index is -0.324. The Morgan fingerprint density at radius 1 is 1.29 bits per heavy atom. The number of Topliss-reactive ketones (excluding diaryl/α,β-unsaturated/α-hetero) is 2. The van der Waals surface area contributed by atoms with Crippen molar-refractivity contribution in [2.24, 2.45) is 0 Å². The number of para-hydroxylation sites is 1. The average molecular weight is 192 g/mol. The summed E-state index contributed by atoms with van der Waals surface area (Å²) in [6, 6.07) is 6.24. The van der Waals surface area contributed by atoms with Gasteiger partial charge in [-0.1, -0.05) is 19.1 Å². The molecule has 0 aliphatic carbocycles. The topological polar surface area (TPSA) is 54.4 Å². The third-order valence-corrected chi connectivity index (χ3v) is 1.96. The van der Waals surface area contributed by atoms with E-state index in [1.165, 1.54) is 12.1 Å². The number of phenolic OH excluding ortho intramolecular Hbond substituents is 1. The molecule has 1 aromatic carbocycles. The van der Waals surface area contributed by atoms with E-state index in [-0.39, 0.29) is 29.3 Å². The first-order valence-electron chi connectivity index (χ1n) is 4.48. The highest BCUT2D eigenvalue weighted by atomic mass is 16.3. The van der Waals surface area contributed by atoms with Crippen molar-refractivity contribution in [1.82, 2.24) is 0 Å². The Morgan fingerprint density at radius 3 is 2.50 bits per heavy atom. The van der Waals surface area contributed by atoms with Crippen molar-refractivity contribution in [1.29, 1.82) is 0 Å². The third-order valence-electron chi connectivity index (χ3n) is 1.96. The predicted octanol–water partition coefficient (Wildman–Crippen LogP) is 1.94. The Hall–Kier alpha value is -1.64. The zero-order chi connectivity index (χ0) is 10.6. The van der Waals surface area contributed by atoms with Gasteiger partial charge in [0, 0.05) is 6.42 Å². The van der Waals surface area contributed by atoms with E-state index in [1.807, 2.05) is 0 Å². The highest BCUT2D eigenvalue weighted by molar-refractivity contribution is 6.09. The van der Waals surface area contributed by atoms with Crippen molar-refractivity contribution >= 4 is 11.6 Å². The van der Waals surface area contributed by atoms with E-state index in [9.17, 15) is 14.7 Å². The molecule has 0 heterocycles. The molecular formula is C11H12O3. The van der Waals surface area contributed by atoms with Gasteiger partial charge in [-0.2, -0.15) is 0 Å². The van der Waals surface area contributed by atoms with Crippen LogP contribution < -0.4 is 0 Å². The molecule has 0 aromatic heterocycles. The molecule has 1 aromatic rings. The summed E-state index contributed by atoms with van der Waals surface area (Å²) in [6.07, 6.45) is 0.216. The minimum absolute atomic E-state index is 0.0681. The Kier molecular flexibility index (Phi) is 3.40. The van der Waals surface area contributed by atoms with Crippen LogP contribution in [0.1, 0.15) is 30.1 Å². The fourth-order valence-electron chi connectivity index (χ4n) is 1.11. The van der Waals surface area contributed by atoms with Crippen LogP contribution in [-0.4, -0.2) is 16.7 Å². The van der Waals surface area contributed by atoms with Crippen LogP contribution in [0.4, 0.5) is 0 Å². The smallest absolute Gasteiger partial charge is 0.173 e. The van der Waals surface area contributed by atoms with E-state index < -0.39 is 0 Å². The highest BCUT2D eigenvalue weighted by Gasteiger charge is 2.13. The molecule has 1 rings (SSSR count). The van der Waals surface area contributed by atoms with Crippen molar-refractivity contribution in [2.75, 3.05) is 0 Å². The van der Waals surface area contributed by atoms with Gasteiger partial charge in [-0.15, -0.1) is 0 Å². The van der Waals surface area contributed by atoms with Gasteiger partial charge < -0.3 is 5.11 Å². The summed E-state index contributed by atoms with van der Waals surface area (Å²) < 4.78 is 0. The Labute approximate surface area is 82.4 Å². The molecule has 0 saturated heterocycles. The van der Waals surface area contributed by atoms with Gasteiger partial charge in [-0.25, -0.2) is 0 Å². The maximum atomic E-state index is 11.5. The molecule has 0 radical (unpaired) electrons. The molecule has 3 nitrogen and oxygen atoms in total. The maximum Gasteiger partial charge on any atom is 0.173 e. The van der Waals surface area contributed by atoms with Crippen LogP contribution in [0, 0.1) is 0 Å². The second-order valence-corrected chi connectivity index (χ2v) is 3.01. The van der Waals surface area contributed by atoms with Crippen molar-refractivity contribution in [3.63, 3.8) is 0 Å². The fourth-order valence-corrected chi connectivity index (χ4v) is 1.11. The summed E-state index contributed by atoms with van der Waals surface area (Å²) in [4.78, 5) is 22.5. The first-order chi connectivity index (χ1) is 6.65. The van der Waals surface area contributed by atoms with Crippen molar-refractivity contribution < 1.29 is 14.7 Å². The van der Waals surface area contributed by atoms with Crippen LogP contribution in [0.5, 0.6) is 5.75 Å². The molecule has 0 bridgehead atoms. The summed E-state index contributed by atoms with van der Waals surface area (Å²) in [5, 5.41) is 9.33. The maximum absolute atomic E-state index is 11.5. The summed E-state index contributed by atoms with van der Waals surface area (Å²) in [5.74, 6) is -0.505. The van der Waals surface area contributed by atoms with E-state index in [1.54, 1.807) is 19.1 Å². The second kappa shape index (κ2) is 4.56. The lowest BCUT2D eigenvalue weighted by Crippen LogP contribution is -2.06. The quantitative estimate of drug-likeness (QED) is 0.586. The lowest BCUT2D eigenvalue weighted by Gasteiger charge is -2.01. The molecule has 0 unspecified atom stereocenters. The van der Waals surface area contributed by atoms with Gasteiger partial charge in [0.15, 0.2) is 5.78 Å². The highest BCUT2D eigenvalue weighted by Crippen LogP contribution is 2.17. The zero-order valence-electron chi connectivity index (χ0n) is 7.99. The normalized spacial score (nSPS) is 9.79. The molecule has 0 aliphatic rings. The third kappa shape index (κ3) is 2.42. The van der Waals surface area contributed by atoms with Crippen LogP contribution >= 0.6 is 0 Å². The van der Waals surface area contributed by atoms with Crippen molar-refractivity contribution in [3.8, 4) is 5.75 Å². The van der Waals surface area contributed by atoms with E-state index >= 15 is 0 Å². The fraction of sp³-hybridized carbons (Fsp3) is 0.273. The molecule has 0 spiro atoms. The zero-order valence-corrected chi connectivity index (χ0v) is 7.99. The van der Waals surface area contributed by atoms with Crippen LogP contribution in [0.15, 0.2) is 24.3 Å². The Bertz CT molecular complexity index is 355. The molecule has 14 heavy (non-hydrogen) atoms. The molecule has 0 aliphatic heterocycles. The number of hydrogen-bond donors (Lipinski definition) is 1. The molecule has 0 fully saturated rings. The summed E-state index contributed by atoms with van der Waals surface area (Å²) in [7, 11) is 0. The summed E-state index contributed by atoms with van der Waals surface area (Å²) in [5.41, 5.74) is 0.217. The number of ketones is 2. The molecule has 0 atom stereocenters. The van der Waals surface area contributed by atoms with Crippen molar-refractivity contribution in [3.05, 3.63) is 29.8 Å². The van der Waals surface area contributed by atoms with Crippen LogP contribution in [0.25, 0.3) is 0 Å². The van der Waals surface area contributed by atoms with Crippen LogP contribution in [0.3, 0.4) is 0 Å². The molecule has 0 saturated carbocycles. The van der Waals surface area contributed by atoms with E-state index in [2.05, 4.69) is 0 Å². The average Bonchev–Trinajstić information content (AvgIpc) is 2.18. The number of hydrogen-bond acceptors (Lipinski definition) is 3. The first-order valence-corrected chi connectivity index (χ1v) is 4.48. The first kappa shape index (κ1) is 10.4. The summed E-state index contributed by atoms with van der Waals surface area (Å²) in [6.45, 7) is 1.71. The van der Waals surface area contributed by atoms with Crippen molar-refractivity contribution in [2.45, 2.75) is 19.8 Å². The standard InChI is InChI=1S/C11H12O3/c1-2-8(12)7-11(14)9-5-3-4-6-10(9)13/h3-6,13H,2,7H2,1H3. The number of benzene rings is 1. The van der Waals surface area contributed by atoms with E-state index in [0.717, 1.165) is 0 Å². The molecular weight excluding hydrogens is 180 g/mol. The minimum Gasteiger partial charge on any atom is -0.507 e. The molecule has 3 heteroatoms. The predicted molar refractivity (Wildman–Crippen MR) is 52.4 cm³/mol. The number of rotatable bonds is 4. The van der Waals surface area contributed by atoms with E-state index in [4.69, 9.17) is 0 Å². The van der Waals surface area contributed by atoms with Crippen LogP contribution in [0.2, 0.25) is 0 Å². The van der Waals surface area contributed by atoms with Gasteiger partial charge >= 0.3 is 0 Å². The number of phenols is 1. The Morgan fingerprint density at radius 2 is 1.93 bits per heavy atom. The molecule has 74 valence electrons. The second-order valence-electron chi connectivity index (χ2n) is 3.01. The van der Waals surface area contributed by atoms with E-state index in [0.29, 0.717) is 6.42 Å². The van der Waals surface area contributed by atoms with Gasteiger partial charge in [0.2, 0.25) is 0 Å². The lowest BCUT2D eigenvalue weighted by atomic mass is 10.0. The number of carbonyl (C=O) groups is 2. The SMILES string of the molecule is CCC(=O)CC(=O)c1ccccc1O. The summed E-state index contributed by atoms with van der Waals surface area (Å²) >= 11 is 0.